The van der Waals surface area contributed by atoms with Gasteiger partial charge in [-0.1, -0.05) is 42.5 Å². The lowest BCUT2D eigenvalue weighted by Crippen LogP contribution is -2.50. The van der Waals surface area contributed by atoms with Crippen LogP contribution in [0.1, 0.15) is 18.0 Å². The first-order valence-electron chi connectivity index (χ1n) is 9.42. The van der Waals surface area contributed by atoms with E-state index in [1.54, 1.807) is 6.07 Å². The summed E-state index contributed by atoms with van der Waals surface area (Å²) in [6.07, 6.45) is 1.04. The molecule has 5 rings (SSSR count). The zero-order valence-corrected chi connectivity index (χ0v) is 15.0. The van der Waals surface area contributed by atoms with Gasteiger partial charge in [-0.05, 0) is 29.9 Å². The average Bonchev–Trinajstić information content (AvgIpc) is 2.69. The number of hydrogen-bond acceptors (Lipinski definition) is 2. The molecule has 3 heterocycles. The smallest absolute Gasteiger partial charge is 0.321 e. The zero-order valence-electron chi connectivity index (χ0n) is 15.0. The molecule has 0 spiro atoms. The van der Waals surface area contributed by atoms with Crippen LogP contribution in [0.25, 0.3) is 10.8 Å². The summed E-state index contributed by atoms with van der Waals surface area (Å²) in [4.78, 5) is 27.0. The van der Waals surface area contributed by atoms with Crippen LogP contribution >= 0.6 is 0 Å². The number of nitrogens with zero attached hydrogens (tertiary/aromatic N) is 2. The minimum atomic E-state index is -0.0622. The first-order chi connectivity index (χ1) is 13.2. The molecule has 0 radical (unpaired) electrons. The molecular formula is C22H21N3O2. The monoisotopic (exact) mass is 359 g/mol. The number of likely N-dealkylation sites (tertiary alicyclic amines) is 1. The highest BCUT2D eigenvalue weighted by molar-refractivity contribution is 6.01. The number of carbonyl (C=O) groups excluding carboxylic acids is 1. The number of benzene rings is 2. The summed E-state index contributed by atoms with van der Waals surface area (Å²) in [5.74, 6) is 0.555. The van der Waals surface area contributed by atoms with Gasteiger partial charge in [0.25, 0.3) is 5.56 Å². The van der Waals surface area contributed by atoms with Crippen LogP contribution in [0, 0.1) is 5.92 Å². The van der Waals surface area contributed by atoms with Crippen LogP contribution < -0.4 is 10.9 Å². The quantitative estimate of drug-likeness (QED) is 0.721. The van der Waals surface area contributed by atoms with E-state index in [9.17, 15) is 9.59 Å². The van der Waals surface area contributed by atoms with Gasteiger partial charge in [-0.25, -0.2) is 4.79 Å². The van der Waals surface area contributed by atoms with E-state index in [0.717, 1.165) is 28.6 Å². The Morgan fingerprint density at radius 3 is 2.67 bits per heavy atom. The zero-order chi connectivity index (χ0) is 18.4. The number of aromatic nitrogens is 1. The molecule has 2 aliphatic heterocycles. The molecule has 5 heteroatoms. The highest BCUT2D eigenvalue weighted by Gasteiger charge is 2.36. The molecule has 0 aliphatic carbocycles. The Morgan fingerprint density at radius 1 is 0.926 bits per heavy atom. The van der Waals surface area contributed by atoms with E-state index in [4.69, 9.17) is 0 Å². The Hall–Kier alpha value is -3.08. The highest BCUT2D eigenvalue weighted by atomic mass is 16.2. The standard InChI is InChI=1S/C22H21N3O2/c26-21-10-4-9-20-17-11-15(13-25(20)21)12-24(14-17)22(27)23-19-8-3-6-16-5-1-2-7-18(16)19/h1-10,15,17H,11-14H2,(H,23,27). The number of piperidine rings is 1. The van der Waals surface area contributed by atoms with Crippen LogP contribution in [0.4, 0.5) is 10.5 Å². The summed E-state index contributed by atoms with van der Waals surface area (Å²) >= 11 is 0. The van der Waals surface area contributed by atoms with Crippen molar-refractivity contribution in [3.05, 3.63) is 76.7 Å². The molecule has 1 N–H and O–H groups in total. The van der Waals surface area contributed by atoms with Crippen LogP contribution in [0.3, 0.4) is 0 Å². The van der Waals surface area contributed by atoms with Crippen molar-refractivity contribution in [2.45, 2.75) is 18.9 Å². The number of hydrogen-bond donors (Lipinski definition) is 1. The van der Waals surface area contributed by atoms with E-state index >= 15 is 0 Å². The SMILES string of the molecule is O=C(Nc1cccc2ccccc12)N1CC2CC(C1)c1cccc(=O)n1C2. The van der Waals surface area contributed by atoms with Gasteiger partial charge in [0.1, 0.15) is 0 Å². The minimum Gasteiger partial charge on any atom is -0.324 e. The third-order valence-electron chi connectivity index (χ3n) is 5.80. The third kappa shape index (κ3) is 2.79. The normalized spacial score (nSPS) is 21.0. The maximum absolute atomic E-state index is 13.0. The number of nitrogens with one attached hydrogen (secondary N) is 1. The lowest BCUT2D eigenvalue weighted by Gasteiger charge is -2.42. The summed E-state index contributed by atoms with van der Waals surface area (Å²) in [5, 5.41) is 5.25. The molecule has 5 nitrogen and oxygen atoms in total. The Kier molecular flexibility index (Phi) is 3.74. The lowest BCUT2D eigenvalue weighted by molar-refractivity contribution is 0.139. The molecule has 2 aliphatic rings. The lowest BCUT2D eigenvalue weighted by atomic mass is 9.83. The van der Waals surface area contributed by atoms with Gasteiger partial charge in [0.2, 0.25) is 0 Å². The Balaban J connectivity index is 1.40. The van der Waals surface area contributed by atoms with Gasteiger partial charge in [0, 0.05) is 42.7 Å². The second-order valence-electron chi connectivity index (χ2n) is 7.56. The van der Waals surface area contributed by atoms with Gasteiger partial charge in [-0.3, -0.25) is 4.79 Å². The first kappa shape index (κ1) is 16.1. The average molecular weight is 359 g/mol. The molecule has 2 unspecified atom stereocenters. The minimum absolute atomic E-state index is 0.0622. The molecule has 2 atom stereocenters. The number of urea groups is 1. The maximum Gasteiger partial charge on any atom is 0.321 e. The van der Waals surface area contributed by atoms with Crippen molar-refractivity contribution in [2.24, 2.45) is 5.92 Å². The van der Waals surface area contributed by atoms with Crippen molar-refractivity contribution >= 4 is 22.5 Å². The first-order valence-corrected chi connectivity index (χ1v) is 9.42. The maximum atomic E-state index is 13.0. The van der Waals surface area contributed by atoms with Crippen molar-refractivity contribution < 1.29 is 4.79 Å². The van der Waals surface area contributed by atoms with Crippen molar-refractivity contribution in [1.29, 1.82) is 0 Å². The second-order valence-corrected chi connectivity index (χ2v) is 7.56. The van der Waals surface area contributed by atoms with Crippen LogP contribution in [-0.4, -0.2) is 28.6 Å². The van der Waals surface area contributed by atoms with Crippen molar-refractivity contribution in [1.82, 2.24) is 9.47 Å². The van der Waals surface area contributed by atoms with Gasteiger partial charge < -0.3 is 14.8 Å². The molecule has 1 saturated heterocycles. The topological polar surface area (TPSA) is 54.3 Å². The third-order valence-corrected chi connectivity index (χ3v) is 5.80. The number of pyridine rings is 1. The van der Waals surface area contributed by atoms with E-state index < -0.39 is 0 Å². The molecule has 2 amide bonds. The number of carbonyl (C=O) groups is 1. The molecular weight excluding hydrogens is 338 g/mol. The number of fused-ring (bicyclic) bond motifs is 5. The molecule has 3 aromatic rings. The van der Waals surface area contributed by atoms with Gasteiger partial charge in [0.05, 0.1) is 5.69 Å². The fraction of sp³-hybridized carbons (Fsp3) is 0.273. The fourth-order valence-corrected chi connectivity index (χ4v) is 4.59. The van der Waals surface area contributed by atoms with E-state index in [1.807, 2.05) is 64.1 Å². The Labute approximate surface area is 157 Å². The van der Waals surface area contributed by atoms with Crippen molar-refractivity contribution in [3.63, 3.8) is 0 Å². The summed E-state index contributed by atoms with van der Waals surface area (Å²) < 4.78 is 1.89. The molecule has 1 aromatic heterocycles. The van der Waals surface area contributed by atoms with Crippen LogP contribution in [0.15, 0.2) is 65.5 Å². The predicted molar refractivity (Wildman–Crippen MR) is 106 cm³/mol. The molecule has 1 fully saturated rings. The largest absolute Gasteiger partial charge is 0.324 e. The molecule has 2 aromatic carbocycles. The Bertz CT molecular complexity index is 1080. The van der Waals surface area contributed by atoms with Crippen LogP contribution in [0.5, 0.6) is 0 Å². The summed E-state index contributed by atoms with van der Waals surface area (Å²) in [5.41, 5.74) is 1.96. The van der Waals surface area contributed by atoms with Crippen LogP contribution in [-0.2, 0) is 6.54 Å². The summed E-state index contributed by atoms with van der Waals surface area (Å²) in [6.45, 7) is 2.04. The molecule has 0 saturated carbocycles. The van der Waals surface area contributed by atoms with Crippen molar-refractivity contribution in [3.8, 4) is 0 Å². The number of rotatable bonds is 1. The van der Waals surface area contributed by atoms with Gasteiger partial charge in [-0.15, -0.1) is 0 Å². The van der Waals surface area contributed by atoms with E-state index in [2.05, 4.69) is 5.32 Å². The van der Waals surface area contributed by atoms with Crippen molar-refractivity contribution in [2.75, 3.05) is 18.4 Å². The summed E-state index contributed by atoms with van der Waals surface area (Å²) in [6, 6.07) is 19.4. The van der Waals surface area contributed by atoms with Gasteiger partial charge in [0.15, 0.2) is 0 Å². The Morgan fingerprint density at radius 2 is 1.74 bits per heavy atom. The second kappa shape index (κ2) is 6.27. The van der Waals surface area contributed by atoms with Gasteiger partial charge >= 0.3 is 6.03 Å². The highest BCUT2D eigenvalue weighted by Crippen LogP contribution is 2.35. The van der Waals surface area contributed by atoms with E-state index in [0.29, 0.717) is 25.6 Å². The van der Waals surface area contributed by atoms with E-state index in [1.165, 1.54) is 0 Å². The number of amides is 2. The van der Waals surface area contributed by atoms with Gasteiger partial charge in [-0.2, -0.15) is 0 Å². The molecule has 136 valence electrons. The molecule has 2 bridgehead atoms. The molecule has 27 heavy (non-hydrogen) atoms. The van der Waals surface area contributed by atoms with E-state index in [-0.39, 0.29) is 17.5 Å². The predicted octanol–water partition coefficient (Wildman–Crippen LogP) is 3.65. The summed E-state index contributed by atoms with van der Waals surface area (Å²) in [7, 11) is 0. The fourth-order valence-electron chi connectivity index (χ4n) is 4.59. The van der Waals surface area contributed by atoms with Crippen LogP contribution in [0.2, 0.25) is 0 Å². The number of anilines is 1.